The number of hydrogen-bond acceptors (Lipinski definition) is 4. The van der Waals surface area contributed by atoms with Gasteiger partial charge < -0.3 is 9.73 Å². The first kappa shape index (κ1) is 19.0. The number of rotatable bonds is 5. The van der Waals surface area contributed by atoms with Crippen molar-refractivity contribution in [3.8, 4) is 21.9 Å². The molecule has 150 valence electrons. The number of nitrogens with zero attached hydrogens (tertiary/aromatic N) is 1. The summed E-state index contributed by atoms with van der Waals surface area (Å²) in [5.41, 5.74) is 3.75. The largest absolute Gasteiger partial charge is 0.457 e. The first-order chi connectivity index (χ1) is 15.2. The van der Waals surface area contributed by atoms with E-state index in [9.17, 15) is 4.79 Å². The summed E-state index contributed by atoms with van der Waals surface area (Å²) in [6.45, 7) is 0. The molecule has 2 aromatic heterocycles. The minimum Gasteiger partial charge on any atom is -0.457 e. The fourth-order valence-electron chi connectivity index (χ4n) is 3.23. The van der Waals surface area contributed by atoms with Crippen LogP contribution < -0.4 is 5.32 Å². The highest BCUT2D eigenvalue weighted by molar-refractivity contribution is 7.21. The minimum absolute atomic E-state index is 0.217. The van der Waals surface area contributed by atoms with Crippen molar-refractivity contribution in [3.05, 3.63) is 103 Å². The van der Waals surface area contributed by atoms with E-state index in [1.54, 1.807) is 17.4 Å². The molecule has 0 saturated carbocycles. The Hall–Kier alpha value is -3.96. The molecule has 0 aliphatic rings. The van der Waals surface area contributed by atoms with Gasteiger partial charge >= 0.3 is 0 Å². The van der Waals surface area contributed by atoms with E-state index in [2.05, 4.69) is 16.4 Å². The molecule has 0 atom stereocenters. The fraction of sp³-hybridized carbons (Fsp3) is 0. The zero-order chi connectivity index (χ0) is 21.0. The van der Waals surface area contributed by atoms with Crippen molar-refractivity contribution >= 4 is 39.2 Å². The van der Waals surface area contributed by atoms with Gasteiger partial charge in [-0.3, -0.25) is 4.79 Å². The van der Waals surface area contributed by atoms with E-state index in [1.807, 2.05) is 84.9 Å². The van der Waals surface area contributed by atoms with E-state index in [4.69, 9.17) is 4.42 Å². The average molecular weight is 423 g/mol. The van der Waals surface area contributed by atoms with E-state index in [-0.39, 0.29) is 5.91 Å². The molecule has 4 nitrogen and oxygen atoms in total. The second kappa shape index (κ2) is 8.42. The quantitative estimate of drug-likeness (QED) is 0.314. The second-order valence-corrected chi connectivity index (χ2v) is 7.99. The van der Waals surface area contributed by atoms with Crippen molar-refractivity contribution in [2.75, 3.05) is 5.32 Å². The van der Waals surface area contributed by atoms with Crippen LogP contribution in [0.3, 0.4) is 0 Å². The predicted molar refractivity (Wildman–Crippen MR) is 127 cm³/mol. The van der Waals surface area contributed by atoms with Crippen LogP contribution in [0.5, 0.6) is 0 Å². The Kier molecular flexibility index (Phi) is 5.17. The van der Waals surface area contributed by atoms with Crippen molar-refractivity contribution in [3.63, 3.8) is 0 Å². The molecule has 5 heteroatoms. The summed E-state index contributed by atoms with van der Waals surface area (Å²) in [5.74, 6) is 1.18. The molecule has 0 aliphatic carbocycles. The molecule has 3 aromatic carbocycles. The van der Waals surface area contributed by atoms with Gasteiger partial charge in [0.15, 0.2) is 0 Å². The predicted octanol–water partition coefficient (Wildman–Crippen LogP) is 6.88. The van der Waals surface area contributed by atoms with Crippen molar-refractivity contribution in [1.29, 1.82) is 0 Å². The topological polar surface area (TPSA) is 55.1 Å². The molecule has 5 aromatic rings. The lowest BCUT2D eigenvalue weighted by molar-refractivity contribution is -0.111. The van der Waals surface area contributed by atoms with Crippen molar-refractivity contribution in [2.45, 2.75) is 0 Å². The van der Waals surface area contributed by atoms with Gasteiger partial charge in [-0.25, -0.2) is 4.98 Å². The first-order valence-electron chi connectivity index (χ1n) is 9.85. The highest BCUT2D eigenvalue weighted by Gasteiger charge is 2.07. The highest BCUT2D eigenvalue weighted by Crippen LogP contribution is 2.30. The van der Waals surface area contributed by atoms with Crippen molar-refractivity contribution in [1.82, 2.24) is 4.98 Å². The molecule has 1 N–H and O–H groups in total. The monoisotopic (exact) mass is 422 g/mol. The number of aromatic nitrogens is 1. The summed E-state index contributed by atoms with van der Waals surface area (Å²) in [7, 11) is 0. The molecule has 0 unspecified atom stereocenters. The molecule has 0 bridgehead atoms. The number of carbonyl (C=O) groups excluding carboxylic acids is 1. The van der Waals surface area contributed by atoms with Gasteiger partial charge in [0.05, 0.1) is 10.2 Å². The fourth-order valence-corrected chi connectivity index (χ4v) is 4.20. The normalized spacial score (nSPS) is 11.2. The summed E-state index contributed by atoms with van der Waals surface area (Å²) < 4.78 is 6.95. The van der Waals surface area contributed by atoms with Crippen LogP contribution in [0.2, 0.25) is 0 Å². The number of thiazole rings is 1. The lowest BCUT2D eigenvalue weighted by Crippen LogP contribution is -2.07. The number of carbonyl (C=O) groups is 1. The zero-order valence-corrected chi connectivity index (χ0v) is 17.3. The number of fused-ring (bicyclic) bond motifs is 1. The summed E-state index contributed by atoms with van der Waals surface area (Å²) >= 11 is 1.66. The van der Waals surface area contributed by atoms with E-state index < -0.39 is 0 Å². The number of hydrogen-bond donors (Lipinski definition) is 1. The average Bonchev–Trinajstić information content (AvgIpc) is 3.46. The number of anilines is 1. The molecule has 0 aliphatic heterocycles. The third-order valence-corrected chi connectivity index (χ3v) is 5.86. The lowest BCUT2D eigenvalue weighted by Gasteiger charge is -2.03. The first-order valence-corrected chi connectivity index (χ1v) is 10.7. The van der Waals surface area contributed by atoms with Crippen LogP contribution in [0.15, 0.2) is 101 Å². The van der Waals surface area contributed by atoms with Gasteiger partial charge in [-0.15, -0.1) is 11.3 Å². The molecule has 0 radical (unpaired) electrons. The number of amides is 1. The van der Waals surface area contributed by atoms with E-state index in [0.29, 0.717) is 5.76 Å². The van der Waals surface area contributed by atoms with E-state index >= 15 is 0 Å². The van der Waals surface area contributed by atoms with Gasteiger partial charge in [0, 0.05) is 22.9 Å². The molecular weight excluding hydrogens is 404 g/mol. The standard InChI is InChI=1S/C26H18N2O2S/c29-25(17-15-21-14-16-23(30-21)18-6-2-1-3-7-18)27-20-12-10-19(11-13-20)26-28-22-8-4-5-9-24(22)31-26/h1-17H,(H,27,29)/b17-15+. The van der Waals surface area contributed by atoms with Gasteiger partial charge in [-0.05, 0) is 54.6 Å². The van der Waals surface area contributed by atoms with Crippen LogP contribution in [0.1, 0.15) is 5.76 Å². The summed E-state index contributed by atoms with van der Waals surface area (Å²) in [6.07, 6.45) is 3.13. The molecule has 5 rings (SSSR count). The molecule has 2 heterocycles. The molecule has 0 saturated heterocycles. The summed E-state index contributed by atoms with van der Waals surface area (Å²) in [6, 6.07) is 29.4. The molecule has 0 fully saturated rings. The zero-order valence-electron chi connectivity index (χ0n) is 16.5. The van der Waals surface area contributed by atoms with Crippen LogP contribution in [0.4, 0.5) is 5.69 Å². The van der Waals surface area contributed by atoms with Gasteiger partial charge in [0.25, 0.3) is 0 Å². The Morgan fingerprint density at radius 1 is 0.839 bits per heavy atom. The number of furan rings is 1. The summed E-state index contributed by atoms with van der Waals surface area (Å²) in [4.78, 5) is 17.0. The van der Waals surface area contributed by atoms with Gasteiger partial charge in [-0.2, -0.15) is 0 Å². The maximum atomic E-state index is 12.3. The Bertz CT molecular complexity index is 1330. The number of benzene rings is 3. The van der Waals surface area contributed by atoms with Gasteiger partial charge in [0.1, 0.15) is 16.5 Å². The Morgan fingerprint density at radius 2 is 1.61 bits per heavy atom. The van der Waals surface area contributed by atoms with Gasteiger partial charge in [0.2, 0.25) is 5.91 Å². The van der Waals surface area contributed by atoms with Crippen LogP contribution in [-0.4, -0.2) is 10.9 Å². The van der Waals surface area contributed by atoms with Crippen molar-refractivity contribution < 1.29 is 9.21 Å². The molecule has 31 heavy (non-hydrogen) atoms. The van der Waals surface area contributed by atoms with Crippen molar-refractivity contribution in [2.24, 2.45) is 0 Å². The maximum absolute atomic E-state index is 12.3. The third-order valence-electron chi connectivity index (χ3n) is 4.78. The number of para-hydroxylation sites is 1. The summed E-state index contributed by atoms with van der Waals surface area (Å²) in [5, 5.41) is 3.84. The lowest BCUT2D eigenvalue weighted by atomic mass is 10.2. The molecule has 1 amide bonds. The Morgan fingerprint density at radius 3 is 2.42 bits per heavy atom. The van der Waals surface area contributed by atoms with Crippen LogP contribution in [0.25, 0.3) is 38.2 Å². The second-order valence-electron chi connectivity index (χ2n) is 6.95. The molecule has 0 spiro atoms. The maximum Gasteiger partial charge on any atom is 0.248 e. The van der Waals surface area contributed by atoms with Gasteiger partial charge in [-0.1, -0.05) is 42.5 Å². The SMILES string of the molecule is O=C(/C=C/c1ccc(-c2ccccc2)o1)Nc1ccc(-c2nc3ccccc3s2)cc1. The van der Waals surface area contributed by atoms with E-state index in [0.717, 1.165) is 37.8 Å². The smallest absolute Gasteiger partial charge is 0.248 e. The minimum atomic E-state index is -0.217. The molecular formula is C26H18N2O2S. The van der Waals surface area contributed by atoms with Crippen LogP contribution in [-0.2, 0) is 4.79 Å². The highest BCUT2D eigenvalue weighted by atomic mass is 32.1. The Balaban J connectivity index is 1.24. The van der Waals surface area contributed by atoms with Crippen LogP contribution >= 0.6 is 11.3 Å². The van der Waals surface area contributed by atoms with E-state index in [1.165, 1.54) is 6.08 Å². The number of nitrogens with one attached hydrogen (secondary N) is 1. The Labute approximate surface area is 183 Å². The third kappa shape index (κ3) is 4.32. The van der Waals surface area contributed by atoms with Crippen LogP contribution in [0, 0.1) is 0 Å².